The van der Waals surface area contributed by atoms with Gasteiger partial charge in [-0.2, -0.15) is 0 Å². The van der Waals surface area contributed by atoms with Crippen LogP contribution < -0.4 is 10.6 Å². The van der Waals surface area contributed by atoms with E-state index in [2.05, 4.69) is 22.5 Å². The molecule has 0 aliphatic carbocycles. The Morgan fingerprint density at radius 2 is 1.92 bits per heavy atom. The van der Waals surface area contributed by atoms with Crippen molar-refractivity contribution >= 4 is 17.6 Å². The molecule has 0 radical (unpaired) electrons. The molecule has 1 aliphatic rings. The lowest BCUT2D eigenvalue weighted by atomic mass is 10.1. The van der Waals surface area contributed by atoms with Gasteiger partial charge in [0.15, 0.2) is 0 Å². The zero-order valence-electron chi connectivity index (χ0n) is 15.4. The molecule has 0 spiro atoms. The average Bonchev–Trinajstić information content (AvgIpc) is 2.65. The van der Waals surface area contributed by atoms with Gasteiger partial charge in [-0.15, -0.1) is 0 Å². The third-order valence-corrected chi connectivity index (χ3v) is 4.48. The summed E-state index contributed by atoms with van der Waals surface area (Å²) in [5, 5.41) is 15.1. The quantitative estimate of drug-likeness (QED) is 0.544. The highest BCUT2D eigenvalue weighted by atomic mass is 16.5. The van der Waals surface area contributed by atoms with Gasteiger partial charge in [-0.3, -0.25) is 14.5 Å². The van der Waals surface area contributed by atoms with Crippen molar-refractivity contribution in [2.24, 2.45) is 0 Å². The van der Waals surface area contributed by atoms with Gasteiger partial charge in [0.05, 0.1) is 19.6 Å². The number of amides is 1. The topological polar surface area (TPSA) is 90.9 Å². The molecule has 1 fully saturated rings. The maximum atomic E-state index is 12.1. The van der Waals surface area contributed by atoms with Gasteiger partial charge >= 0.3 is 5.97 Å². The SMILES string of the molecule is CCc1ccc(NC(=O)CC(NCCCN2CCOCC2)C(=O)O)cc1. The van der Waals surface area contributed by atoms with Crippen LogP contribution in [0.4, 0.5) is 5.69 Å². The number of hydrogen-bond donors (Lipinski definition) is 3. The highest BCUT2D eigenvalue weighted by Crippen LogP contribution is 2.10. The Morgan fingerprint density at radius 3 is 2.54 bits per heavy atom. The molecule has 3 N–H and O–H groups in total. The second kappa shape index (κ2) is 10.9. The third kappa shape index (κ3) is 7.11. The van der Waals surface area contributed by atoms with Crippen molar-refractivity contribution in [1.29, 1.82) is 0 Å². The number of benzene rings is 1. The van der Waals surface area contributed by atoms with Gasteiger partial charge in [-0.1, -0.05) is 19.1 Å². The number of carbonyl (C=O) groups excluding carboxylic acids is 1. The Bertz CT molecular complexity index is 571. The third-order valence-electron chi connectivity index (χ3n) is 4.48. The molecule has 1 aliphatic heterocycles. The van der Waals surface area contributed by atoms with Gasteiger partial charge in [0.2, 0.25) is 5.91 Å². The van der Waals surface area contributed by atoms with Crippen molar-refractivity contribution in [2.75, 3.05) is 44.7 Å². The van der Waals surface area contributed by atoms with E-state index in [9.17, 15) is 14.7 Å². The number of morpholine rings is 1. The molecule has 1 aromatic carbocycles. The lowest BCUT2D eigenvalue weighted by molar-refractivity contribution is -0.141. The molecule has 1 unspecified atom stereocenters. The number of anilines is 1. The molecule has 7 heteroatoms. The van der Waals surface area contributed by atoms with Gasteiger partial charge in [0.1, 0.15) is 6.04 Å². The van der Waals surface area contributed by atoms with Gasteiger partial charge < -0.3 is 20.5 Å². The highest BCUT2D eigenvalue weighted by molar-refractivity contribution is 5.94. The first kappa shape index (κ1) is 20.4. The smallest absolute Gasteiger partial charge is 0.321 e. The molecule has 7 nitrogen and oxygen atoms in total. The van der Waals surface area contributed by atoms with Crippen LogP contribution in [0.15, 0.2) is 24.3 Å². The summed E-state index contributed by atoms with van der Waals surface area (Å²) in [6.45, 7) is 6.87. The summed E-state index contributed by atoms with van der Waals surface area (Å²) >= 11 is 0. The van der Waals surface area contributed by atoms with Gasteiger partial charge in [-0.05, 0) is 43.6 Å². The van der Waals surface area contributed by atoms with E-state index in [1.165, 1.54) is 5.56 Å². The molecule has 1 atom stereocenters. The minimum atomic E-state index is -1.01. The zero-order valence-corrected chi connectivity index (χ0v) is 15.4. The molecular formula is C19H29N3O4. The monoisotopic (exact) mass is 363 g/mol. The van der Waals surface area contributed by atoms with Crippen molar-refractivity contribution in [3.05, 3.63) is 29.8 Å². The fourth-order valence-corrected chi connectivity index (χ4v) is 2.87. The Hall–Kier alpha value is -1.96. The largest absolute Gasteiger partial charge is 0.480 e. The molecule has 1 heterocycles. The lowest BCUT2D eigenvalue weighted by Crippen LogP contribution is -2.42. The fourth-order valence-electron chi connectivity index (χ4n) is 2.87. The predicted molar refractivity (Wildman–Crippen MR) is 100 cm³/mol. The van der Waals surface area contributed by atoms with E-state index in [1.807, 2.05) is 24.3 Å². The number of aryl methyl sites for hydroxylation is 1. The van der Waals surface area contributed by atoms with Crippen LogP contribution in [-0.2, 0) is 20.7 Å². The number of carboxylic acid groups (broad SMARTS) is 1. The molecule has 0 bridgehead atoms. The molecule has 26 heavy (non-hydrogen) atoms. The summed E-state index contributed by atoms with van der Waals surface area (Å²) in [6, 6.07) is 6.70. The summed E-state index contributed by atoms with van der Waals surface area (Å²) in [6.07, 6.45) is 1.68. The number of nitrogens with one attached hydrogen (secondary N) is 2. The van der Waals surface area contributed by atoms with E-state index in [0.29, 0.717) is 12.2 Å². The average molecular weight is 363 g/mol. The molecule has 1 amide bonds. The van der Waals surface area contributed by atoms with Crippen molar-refractivity contribution in [3.63, 3.8) is 0 Å². The van der Waals surface area contributed by atoms with Crippen LogP contribution in [0, 0.1) is 0 Å². The summed E-state index contributed by atoms with van der Waals surface area (Å²) in [4.78, 5) is 25.8. The van der Waals surface area contributed by atoms with Gasteiger partial charge in [-0.25, -0.2) is 0 Å². The van der Waals surface area contributed by atoms with E-state index in [4.69, 9.17) is 4.74 Å². The van der Waals surface area contributed by atoms with E-state index in [0.717, 1.165) is 45.7 Å². The number of aliphatic carboxylic acids is 1. The number of rotatable bonds is 10. The molecule has 0 saturated carbocycles. The molecule has 1 aromatic rings. The summed E-state index contributed by atoms with van der Waals surface area (Å²) < 4.78 is 5.30. The first-order valence-electron chi connectivity index (χ1n) is 9.23. The van der Waals surface area contributed by atoms with E-state index < -0.39 is 12.0 Å². The van der Waals surface area contributed by atoms with Crippen LogP contribution in [0.5, 0.6) is 0 Å². The van der Waals surface area contributed by atoms with Crippen LogP contribution >= 0.6 is 0 Å². The lowest BCUT2D eigenvalue weighted by Gasteiger charge is -2.26. The number of ether oxygens (including phenoxy) is 1. The highest BCUT2D eigenvalue weighted by Gasteiger charge is 2.20. The Kier molecular flexibility index (Phi) is 8.53. The number of nitrogens with zero attached hydrogens (tertiary/aromatic N) is 1. The van der Waals surface area contributed by atoms with Crippen LogP contribution in [-0.4, -0.2) is 67.3 Å². The second-order valence-electron chi connectivity index (χ2n) is 6.46. The van der Waals surface area contributed by atoms with Crippen molar-refractivity contribution in [1.82, 2.24) is 10.2 Å². The number of carboxylic acids is 1. The van der Waals surface area contributed by atoms with Gasteiger partial charge in [0.25, 0.3) is 0 Å². The second-order valence-corrected chi connectivity index (χ2v) is 6.46. The van der Waals surface area contributed by atoms with Crippen LogP contribution in [0.3, 0.4) is 0 Å². The standard InChI is InChI=1S/C19H29N3O4/c1-2-15-4-6-16(7-5-15)21-18(23)14-17(19(24)25)20-8-3-9-22-10-12-26-13-11-22/h4-7,17,20H,2-3,8-14H2,1H3,(H,21,23)(H,24,25). The molecule has 0 aromatic heterocycles. The maximum absolute atomic E-state index is 12.1. The minimum Gasteiger partial charge on any atom is -0.480 e. The fraction of sp³-hybridized carbons (Fsp3) is 0.579. The summed E-state index contributed by atoms with van der Waals surface area (Å²) in [5.41, 5.74) is 1.87. The van der Waals surface area contributed by atoms with Crippen LogP contribution in [0.25, 0.3) is 0 Å². The first-order chi connectivity index (χ1) is 12.6. The van der Waals surface area contributed by atoms with E-state index >= 15 is 0 Å². The molecule has 1 saturated heterocycles. The molecular weight excluding hydrogens is 334 g/mol. The number of carbonyl (C=O) groups is 2. The van der Waals surface area contributed by atoms with E-state index in [-0.39, 0.29) is 12.3 Å². The zero-order chi connectivity index (χ0) is 18.8. The van der Waals surface area contributed by atoms with Crippen LogP contribution in [0.2, 0.25) is 0 Å². The van der Waals surface area contributed by atoms with Crippen LogP contribution in [0.1, 0.15) is 25.3 Å². The van der Waals surface area contributed by atoms with Crippen molar-refractivity contribution in [2.45, 2.75) is 32.2 Å². The maximum Gasteiger partial charge on any atom is 0.321 e. The van der Waals surface area contributed by atoms with E-state index in [1.54, 1.807) is 0 Å². The van der Waals surface area contributed by atoms with Crippen molar-refractivity contribution in [3.8, 4) is 0 Å². The first-order valence-corrected chi connectivity index (χ1v) is 9.23. The summed E-state index contributed by atoms with van der Waals surface area (Å²) in [7, 11) is 0. The van der Waals surface area contributed by atoms with Crippen molar-refractivity contribution < 1.29 is 19.4 Å². The Balaban J connectivity index is 1.71. The van der Waals surface area contributed by atoms with Gasteiger partial charge in [0, 0.05) is 18.8 Å². The number of hydrogen-bond acceptors (Lipinski definition) is 5. The Labute approximate surface area is 154 Å². The predicted octanol–water partition coefficient (Wildman–Crippen LogP) is 1.34. The minimum absolute atomic E-state index is 0.0948. The summed E-state index contributed by atoms with van der Waals surface area (Å²) in [5.74, 6) is -1.31. The Morgan fingerprint density at radius 1 is 1.23 bits per heavy atom. The molecule has 2 rings (SSSR count). The molecule has 144 valence electrons. The normalized spacial score (nSPS) is 16.2.